The number of nitrogens with one attached hydrogen (secondary N) is 2. The van der Waals surface area contributed by atoms with Gasteiger partial charge in [-0.15, -0.1) is 0 Å². The first-order chi connectivity index (χ1) is 8.43. The molecule has 102 valence electrons. The van der Waals surface area contributed by atoms with Crippen molar-refractivity contribution in [2.45, 2.75) is 45.9 Å². The molecule has 0 aliphatic rings. The Hall–Kier alpha value is -1.06. The molecule has 0 amide bonds. The third kappa shape index (κ3) is 5.52. The first-order valence-corrected chi connectivity index (χ1v) is 6.58. The molecule has 0 heterocycles. The summed E-state index contributed by atoms with van der Waals surface area (Å²) in [5, 5.41) is 6.73. The van der Waals surface area contributed by atoms with Crippen molar-refractivity contribution >= 4 is 0 Å². The minimum Gasteiger partial charge on any atom is -0.491 e. The highest BCUT2D eigenvalue weighted by Crippen LogP contribution is 2.13. The average Bonchev–Trinajstić information content (AvgIpc) is 2.30. The smallest absolute Gasteiger partial charge is 0.119 e. The molecule has 3 nitrogen and oxygen atoms in total. The molecule has 0 fully saturated rings. The molecule has 2 N–H and O–H groups in total. The Morgan fingerprint density at radius 1 is 1.17 bits per heavy atom. The Balaban J connectivity index is 2.40. The summed E-state index contributed by atoms with van der Waals surface area (Å²) in [6, 6.07) is 8.27. The number of rotatable bonds is 7. The molecule has 0 aliphatic carbocycles. The molecule has 0 atom stereocenters. The van der Waals surface area contributed by atoms with E-state index in [0.29, 0.717) is 0 Å². The van der Waals surface area contributed by atoms with Crippen molar-refractivity contribution in [3.63, 3.8) is 0 Å². The van der Waals surface area contributed by atoms with Gasteiger partial charge in [-0.05, 0) is 52.4 Å². The van der Waals surface area contributed by atoms with E-state index in [-0.39, 0.29) is 11.6 Å². The van der Waals surface area contributed by atoms with Crippen LogP contribution in [0, 0.1) is 0 Å². The summed E-state index contributed by atoms with van der Waals surface area (Å²) in [5.41, 5.74) is 1.40. The second-order valence-electron chi connectivity index (χ2n) is 5.55. The number of benzene rings is 1. The molecule has 1 aromatic rings. The molecule has 0 radical (unpaired) electrons. The molecular formula is C15H26N2O. The molecule has 0 saturated carbocycles. The zero-order valence-electron chi connectivity index (χ0n) is 12.2. The summed E-state index contributed by atoms with van der Waals surface area (Å²) in [5.74, 6) is 0.935. The van der Waals surface area contributed by atoms with Crippen LogP contribution in [0.3, 0.4) is 0 Å². The zero-order valence-corrected chi connectivity index (χ0v) is 12.2. The molecule has 0 unspecified atom stereocenters. The van der Waals surface area contributed by atoms with Crippen molar-refractivity contribution in [2.24, 2.45) is 0 Å². The first-order valence-electron chi connectivity index (χ1n) is 6.58. The predicted molar refractivity (Wildman–Crippen MR) is 77.1 cm³/mol. The molecule has 18 heavy (non-hydrogen) atoms. The van der Waals surface area contributed by atoms with Gasteiger partial charge in [0.1, 0.15) is 5.75 Å². The van der Waals surface area contributed by atoms with Gasteiger partial charge in [0.05, 0.1) is 6.10 Å². The highest BCUT2D eigenvalue weighted by molar-refractivity contribution is 5.27. The fourth-order valence-corrected chi connectivity index (χ4v) is 1.57. The van der Waals surface area contributed by atoms with E-state index in [1.165, 1.54) is 5.56 Å². The lowest BCUT2D eigenvalue weighted by atomic mass is 10.1. The lowest BCUT2D eigenvalue weighted by molar-refractivity contribution is 0.242. The van der Waals surface area contributed by atoms with Crippen molar-refractivity contribution in [3.05, 3.63) is 29.8 Å². The maximum absolute atomic E-state index is 5.61. The van der Waals surface area contributed by atoms with Crippen LogP contribution in [-0.2, 0) is 6.54 Å². The summed E-state index contributed by atoms with van der Waals surface area (Å²) in [6.45, 7) is 10.3. The second-order valence-corrected chi connectivity index (χ2v) is 5.55. The van der Waals surface area contributed by atoms with Gasteiger partial charge in [0.15, 0.2) is 0 Å². The maximum Gasteiger partial charge on any atom is 0.119 e. The van der Waals surface area contributed by atoms with Gasteiger partial charge in [-0.2, -0.15) is 0 Å². The molecule has 1 rings (SSSR count). The third-order valence-corrected chi connectivity index (χ3v) is 2.87. The highest BCUT2D eigenvalue weighted by Gasteiger charge is 2.13. The van der Waals surface area contributed by atoms with Crippen LogP contribution in [0.4, 0.5) is 0 Å². The molecule has 3 heteroatoms. The van der Waals surface area contributed by atoms with Gasteiger partial charge < -0.3 is 15.4 Å². The molecule has 0 spiro atoms. The summed E-state index contributed by atoms with van der Waals surface area (Å²) < 4.78 is 5.61. The van der Waals surface area contributed by atoms with E-state index >= 15 is 0 Å². The molecule has 1 aromatic carbocycles. The van der Waals surface area contributed by atoms with E-state index in [4.69, 9.17) is 4.74 Å². The zero-order chi connectivity index (χ0) is 13.6. The quantitative estimate of drug-likeness (QED) is 0.780. The summed E-state index contributed by atoms with van der Waals surface area (Å²) in [6.07, 6.45) is 0.227. The number of hydrogen-bond acceptors (Lipinski definition) is 3. The van der Waals surface area contributed by atoms with Crippen LogP contribution in [0.2, 0.25) is 0 Å². The molecule has 0 saturated heterocycles. The SMILES string of the molecule is CNC(C)(C)CNCc1ccc(OC(C)C)cc1. The van der Waals surface area contributed by atoms with Crippen LogP contribution in [0.1, 0.15) is 33.3 Å². The van der Waals surface area contributed by atoms with Crippen LogP contribution in [0.25, 0.3) is 0 Å². The Bertz CT molecular complexity index is 344. The minimum absolute atomic E-state index is 0.126. The Morgan fingerprint density at radius 3 is 2.28 bits per heavy atom. The minimum atomic E-state index is 0.126. The van der Waals surface area contributed by atoms with Gasteiger partial charge >= 0.3 is 0 Å². The van der Waals surface area contributed by atoms with Crippen LogP contribution < -0.4 is 15.4 Å². The number of ether oxygens (including phenoxy) is 1. The van der Waals surface area contributed by atoms with Crippen molar-refractivity contribution in [1.82, 2.24) is 10.6 Å². The second kappa shape index (κ2) is 6.76. The van der Waals surface area contributed by atoms with Crippen molar-refractivity contribution < 1.29 is 4.74 Å². The maximum atomic E-state index is 5.61. The van der Waals surface area contributed by atoms with E-state index in [2.05, 4.69) is 36.6 Å². The Morgan fingerprint density at radius 2 is 1.78 bits per heavy atom. The summed E-state index contributed by atoms with van der Waals surface area (Å²) in [4.78, 5) is 0. The lowest BCUT2D eigenvalue weighted by Gasteiger charge is -2.24. The van der Waals surface area contributed by atoms with Gasteiger partial charge in [-0.25, -0.2) is 0 Å². The van der Waals surface area contributed by atoms with Crippen molar-refractivity contribution in [1.29, 1.82) is 0 Å². The van der Waals surface area contributed by atoms with E-state index in [1.54, 1.807) is 0 Å². The molecule has 0 aromatic heterocycles. The monoisotopic (exact) mass is 250 g/mol. The average molecular weight is 250 g/mol. The molecule has 0 aliphatic heterocycles. The number of hydrogen-bond donors (Lipinski definition) is 2. The van der Waals surface area contributed by atoms with Crippen LogP contribution >= 0.6 is 0 Å². The van der Waals surface area contributed by atoms with E-state index < -0.39 is 0 Å². The van der Waals surface area contributed by atoms with Gasteiger partial charge in [0.25, 0.3) is 0 Å². The van der Waals surface area contributed by atoms with E-state index in [1.807, 2.05) is 33.0 Å². The van der Waals surface area contributed by atoms with E-state index in [0.717, 1.165) is 18.8 Å². The first kappa shape index (κ1) is 15.0. The number of likely N-dealkylation sites (N-methyl/N-ethyl adjacent to an activating group) is 1. The Kier molecular flexibility index (Phi) is 5.63. The van der Waals surface area contributed by atoms with Crippen LogP contribution in [0.15, 0.2) is 24.3 Å². The lowest BCUT2D eigenvalue weighted by Crippen LogP contribution is -2.45. The van der Waals surface area contributed by atoms with Crippen molar-refractivity contribution in [3.8, 4) is 5.75 Å². The fraction of sp³-hybridized carbons (Fsp3) is 0.600. The predicted octanol–water partition coefficient (Wildman–Crippen LogP) is 2.56. The topological polar surface area (TPSA) is 33.3 Å². The molecular weight excluding hydrogens is 224 g/mol. The third-order valence-electron chi connectivity index (χ3n) is 2.87. The van der Waals surface area contributed by atoms with Crippen LogP contribution in [-0.4, -0.2) is 25.2 Å². The van der Waals surface area contributed by atoms with Gasteiger partial charge in [0, 0.05) is 18.6 Å². The van der Waals surface area contributed by atoms with Crippen molar-refractivity contribution in [2.75, 3.05) is 13.6 Å². The van der Waals surface area contributed by atoms with Gasteiger partial charge in [-0.3, -0.25) is 0 Å². The largest absolute Gasteiger partial charge is 0.491 e. The molecule has 0 bridgehead atoms. The fourth-order valence-electron chi connectivity index (χ4n) is 1.57. The summed E-state index contributed by atoms with van der Waals surface area (Å²) in [7, 11) is 1.99. The standard InChI is InChI=1S/C15H26N2O/c1-12(2)18-14-8-6-13(7-9-14)10-17-11-15(3,4)16-5/h6-9,12,16-17H,10-11H2,1-5H3. The van der Waals surface area contributed by atoms with Gasteiger partial charge in [0.2, 0.25) is 0 Å². The van der Waals surface area contributed by atoms with E-state index in [9.17, 15) is 0 Å². The Labute approximate surface area is 111 Å². The van der Waals surface area contributed by atoms with Crippen LogP contribution in [0.5, 0.6) is 5.75 Å². The highest BCUT2D eigenvalue weighted by atomic mass is 16.5. The normalized spacial score (nSPS) is 11.9. The summed E-state index contributed by atoms with van der Waals surface area (Å²) >= 11 is 0. The van der Waals surface area contributed by atoms with Gasteiger partial charge in [-0.1, -0.05) is 12.1 Å².